The van der Waals surface area contributed by atoms with Crippen molar-refractivity contribution in [2.75, 3.05) is 22.7 Å². The van der Waals surface area contributed by atoms with Gasteiger partial charge in [-0.25, -0.2) is 5.14 Å². The second-order valence-electron chi connectivity index (χ2n) is 5.86. The molecule has 0 spiro atoms. The summed E-state index contributed by atoms with van der Waals surface area (Å²) in [6, 6.07) is 5.24. The molecular formula is C15H25ClN4O3S. The Morgan fingerprint density at radius 3 is 2.46 bits per heavy atom. The Hall–Kier alpha value is -1.35. The van der Waals surface area contributed by atoms with E-state index in [0.717, 1.165) is 9.87 Å². The van der Waals surface area contributed by atoms with Crippen molar-refractivity contribution in [2.45, 2.75) is 33.1 Å². The van der Waals surface area contributed by atoms with Crippen LogP contribution >= 0.6 is 12.4 Å². The van der Waals surface area contributed by atoms with E-state index < -0.39 is 15.6 Å². The Kier molecular flexibility index (Phi) is 6.63. The molecule has 1 aromatic rings. The number of carbonyl (C=O) groups excluding carboxylic acids is 1. The van der Waals surface area contributed by atoms with Gasteiger partial charge < -0.3 is 11.1 Å². The van der Waals surface area contributed by atoms with Crippen LogP contribution in [-0.2, 0) is 21.4 Å². The van der Waals surface area contributed by atoms with Gasteiger partial charge in [0.1, 0.15) is 0 Å². The number of rotatable bonds is 6. The number of anilines is 2. The van der Waals surface area contributed by atoms with Gasteiger partial charge in [0.25, 0.3) is 10.2 Å². The van der Waals surface area contributed by atoms with Crippen molar-refractivity contribution >= 4 is 39.9 Å². The van der Waals surface area contributed by atoms with Gasteiger partial charge in [-0.3, -0.25) is 9.10 Å². The van der Waals surface area contributed by atoms with Crippen LogP contribution in [0.25, 0.3) is 0 Å². The molecule has 24 heavy (non-hydrogen) atoms. The van der Waals surface area contributed by atoms with Crippen LogP contribution in [0.15, 0.2) is 18.2 Å². The summed E-state index contributed by atoms with van der Waals surface area (Å²) in [6.07, 6.45) is 1.89. The molecule has 1 heterocycles. The Morgan fingerprint density at radius 1 is 1.33 bits per heavy atom. The van der Waals surface area contributed by atoms with Crippen molar-refractivity contribution in [2.24, 2.45) is 16.3 Å². The molecule has 9 heteroatoms. The van der Waals surface area contributed by atoms with Gasteiger partial charge in [0.05, 0.1) is 11.1 Å². The Balaban J connectivity index is 0.00000288. The van der Waals surface area contributed by atoms with Crippen LogP contribution in [0.2, 0.25) is 0 Å². The number of benzene rings is 1. The van der Waals surface area contributed by atoms with Crippen molar-refractivity contribution in [1.82, 2.24) is 0 Å². The summed E-state index contributed by atoms with van der Waals surface area (Å²) in [5.41, 5.74) is 7.14. The van der Waals surface area contributed by atoms with Crippen LogP contribution in [0.3, 0.4) is 0 Å². The minimum Gasteiger partial charge on any atom is -0.329 e. The normalized spacial score (nSPS) is 14.1. The van der Waals surface area contributed by atoms with E-state index in [1.54, 1.807) is 12.1 Å². The summed E-state index contributed by atoms with van der Waals surface area (Å²) in [4.78, 5) is 12.6. The van der Waals surface area contributed by atoms with E-state index in [2.05, 4.69) is 5.32 Å². The molecule has 0 atom stereocenters. The SMILES string of the molecule is CCC(CC)(CN)C(=O)Nc1ccc2c(c1)N(S(N)(=O)=O)CC2.Cl. The molecule has 2 rings (SSSR count). The molecule has 7 nitrogen and oxygen atoms in total. The molecule has 0 saturated heterocycles. The number of carbonyl (C=O) groups is 1. The fourth-order valence-corrected chi connectivity index (χ4v) is 3.70. The summed E-state index contributed by atoms with van der Waals surface area (Å²) >= 11 is 0. The molecule has 1 amide bonds. The number of nitrogens with two attached hydrogens (primary N) is 2. The predicted octanol–water partition coefficient (Wildman–Crippen LogP) is 1.38. The number of fused-ring (bicyclic) bond motifs is 1. The first-order chi connectivity index (χ1) is 10.8. The lowest BCUT2D eigenvalue weighted by Crippen LogP contribution is -2.41. The lowest BCUT2D eigenvalue weighted by Gasteiger charge is -2.28. The fraction of sp³-hybridized carbons (Fsp3) is 0.533. The van der Waals surface area contributed by atoms with Crippen molar-refractivity contribution in [3.63, 3.8) is 0 Å². The van der Waals surface area contributed by atoms with E-state index in [0.29, 0.717) is 37.2 Å². The highest BCUT2D eigenvalue weighted by Crippen LogP contribution is 2.33. The molecule has 1 aliphatic rings. The molecule has 0 saturated carbocycles. The quantitative estimate of drug-likeness (QED) is 0.694. The smallest absolute Gasteiger partial charge is 0.299 e. The van der Waals surface area contributed by atoms with E-state index in [1.807, 2.05) is 19.9 Å². The number of hydrogen-bond acceptors (Lipinski definition) is 4. The van der Waals surface area contributed by atoms with Crippen LogP contribution in [0, 0.1) is 5.41 Å². The summed E-state index contributed by atoms with van der Waals surface area (Å²) in [7, 11) is -3.80. The van der Waals surface area contributed by atoms with Gasteiger partial charge in [0.2, 0.25) is 5.91 Å². The molecule has 0 unspecified atom stereocenters. The Morgan fingerprint density at radius 2 is 1.96 bits per heavy atom. The van der Waals surface area contributed by atoms with E-state index in [4.69, 9.17) is 10.9 Å². The second kappa shape index (κ2) is 7.69. The second-order valence-corrected chi connectivity index (χ2v) is 7.33. The summed E-state index contributed by atoms with van der Waals surface area (Å²) in [6.45, 7) is 4.45. The average molecular weight is 377 g/mol. The first-order valence-corrected chi connectivity index (χ1v) is 9.22. The van der Waals surface area contributed by atoms with Crippen LogP contribution in [0.5, 0.6) is 0 Å². The average Bonchev–Trinajstić information content (AvgIpc) is 2.93. The predicted molar refractivity (Wildman–Crippen MR) is 98.5 cm³/mol. The maximum absolute atomic E-state index is 12.6. The zero-order valence-corrected chi connectivity index (χ0v) is 15.5. The van der Waals surface area contributed by atoms with Crippen LogP contribution < -0.4 is 20.5 Å². The van der Waals surface area contributed by atoms with Gasteiger partial charge >= 0.3 is 0 Å². The molecule has 0 aromatic heterocycles. The number of nitrogens with one attached hydrogen (secondary N) is 1. The number of nitrogens with zero attached hydrogens (tertiary/aromatic N) is 1. The van der Waals surface area contributed by atoms with E-state index >= 15 is 0 Å². The van der Waals surface area contributed by atoms with Gasteiger partial charge in [0.15, 0.2) is 0 Å². The van der Waals surface area contributed by atoms with Crippen LogP contribution in [0.1, 0.15) is 32.3 Å². The topological polar surface area (TPSA) is 119 Å². The van der Waals surface area contributed by atoms with E-state index in [1.165, 1.54) is 0 Å². The zero-order valence-electron chi connectivity index (χ0n) is 13.9. The van der Waals surface area contributed by atoms with Gasteiger partial charge in [-0.15, -0.1) is 12.4 Å². The van der Waals surface area contributed by atoms with E-state index in [-0.39, 0.29) is 24.9 Å². The largest absolute Gasteiger partial charge is 0.329 e. The van der Waals surface area contributed by atoms with Gasteiger partial charge in [-0.2, -0.15) is 8.42 Å². The van der Waals surface area contributed by atoms with Crippen LogP contribution in [-0.4, -0.2) is 27.4 Å². The first-order valence-electron chi connectivity index (χ1n) is 7.72. The maximum atomic E-state index is 12.6. The number of amides is 1. The molecule has 1 aromatic carbocycles. The summed E-state index contributed by atoms with van der Waals surface area (Å²) in [5, 5.41) is 8.09. The van der Waals surface area contributed by atoms with Crippen LogP contribution in [0.4, 0.5) is 11.4 Å². The highest BCUT2D eigenvalue weighted by atomic mass is 35.5. The zero-order chi connectivity index (χ0) is 17.3. The van der Waals surface area contributed by atoms with Gasteiger partial charge in [0, 0.05) is 18.8 Å². The third-order valence-electron chi connectivity index (χ3n) is 4.73. The Bertz CT molecular complexity index is 696. The molecule has 0 aliphatic carbocycles. The summed E-state index contributed by atoms with van der Waals surface area (Å²) < 4.78 is 24.4. The van der Waals surface area contributed by atoms with E-state index in [9.17, 15) is 13.2 Å². The molecule has 0 fully saturated rings. The molecule has 0 radical (unpaired) electrons. The lowest BCUT2D eigenvalue weighted by atomic mass is 9.81. The molecule has 5 N–H and O–H groups in total. The number of halogens is 1. The van der Waals surface area contributed by atoms with Crippen molar-refractivity contribution in [3.05, 3.63) is 23.8 Å². The first kappa shape index (κ1) is 20.7. The number of hydrogen-bond donors (Lipinski definition) is 3. The molecule has 0 bridgehead atoms. The minimum atomic E-state index is -3.80. The highest BCUT2D eigenvalue weighted by molar-refractivity contribution is 7.90. The molecule has 136 valence electrons. The van der Waals surface area contributed by atoms with Crippen molar-refractivity contribution in [3.8, 4) is 0 Å². The lowest BCUT2D eigenvalue weighted by molar-refractivity contribution is -0.125. The van der Waals surface area contributed by atoms with Crippen molar-refractivity contribution in [1.29, 1.82) is 0 Å². The fourth-order valence-electron chi connectivity index (χ4n) is 2.91. The van der Waals surface area contributed by atoms with Crippen molar-refractivity contribution < 1.29 is 13.2 Å². The summed E-state index contributed by atoms with van der Waals surface area (Å²) in [5.74, 6) is -0.148. The standard InChI is InChI=1S/C15H24N4O3S.ClH/c1-3-15(4-2,10-16)14(20)18-12-6-5-11-7-8-19(13(11)9-12)23(17,21)22;/h5-6,9H,3-4,7-8,10,16H2,1-2H3,(H,18,20)(H2,17,21,22);1H. The third kappa shape index (κ3) is 3.83. The monoisotopic (exact) mass is 376 g/mol. The highest BCUT2D eigenvalue weighted by Gasteiger charge is 2.34. The Labute approximate surface area is 149 Å². The van der Waals surface area contributed by atoms with Gasteiger partial charge in [-0.05, 0) is 37.0 Å². The molecule has 1 aliphatic heterocycles. The molecular weight excluding hydrogens is 352 g/mol. The van der Waals surface area contributed by atoms with Gasteiger partial charge in [-0.1, -0.05) is 19.9 Å². The maximum Gasteiger partial charge on any atom is 0.299 e. The third-order valence-corrected chi connectivity index (χ3v) is 5.72. The minimum absolute atomic E-state index is 0.